The molecule has 0 atom stereocenters. The van der Waals surface area contributed by atoms with Gasteiger partial charge in [-0.15, -0.1) is 0 Å². The average molecular weight is 326 g/mol. The van der Waals surface area contributed by atoms with E-state index in [0.29, 0.717) is 11.5 Å². The van der Waals surface area contributed by atoms with Crippen molar-refractivity contribution in [3.05, 3.63) is 47.3 Å². The zero-order valence-electron chi connectivity index (χ0n) is 15.3. The summed E-state index contributed by atoms with van der Waals surface area (Å²) in [6, 6.07) is 5.48. The molecule has 1 heteroatoms. The third kappa shape index (κ3) is 6.16. The maximum Gasteiger partial charge on any atom is 0.139 e. The molecule has 0 radical (unpaired) electrons. The Balaban J connectivity index is 1.85. The highest BCUT2D eigenvalue weighted by Gasteiger charge is 2.17. The van der Waals surface area contributed by atoms with Crippen molar-refractivity contribution >= 4 is 0 Å². The Morgan fingerprint density at radius 3 is 2.58 bits per heavy atom. The fourth-order valence-electron chi connectivity index (χ4n) is 3.49. The van der Waals surface area contributed by atoms with Crippen molar-refractivity contribution < 1.29 is 4.39 Å². The minimum absolute atomic E-state index is 0.187. The standard InChI is InChI=1S/C23H31F/c1-3-5-6-10-21-16-17-22(23(24)18-21)11-8-7-9-20-14-12-19(4-2)13-15-20/h7,9,16-20H,3-6,10,12-15H2,1-2H3. The van der Waals surface area contributed by atoms with Crippen LogP contribution in [0.25, 0.3) is 0 Å². The normalized spacial score (nSPS) is 20.8. The lowest BCUT2D eigenvalue weighted by Gasteiger charge is -2.25. The van der Waals surface area contributed by atoms with Crippen LogP contribution in [-0.4, -0.2) is 0 Å². The van der Waals surface area contributed by atoms with Crippen LogP contribution in [0.15, 0.2) is 30.4 Å². The first kappa shape index (κ1) is 18.8. The van der Waals surface area contributed by atoms with Crippen LogP contribution in [-0.2, 0) is 6.42 Å². The molecule has 130 valence electrons. The van der Waals surface area contributed by atoms with Crippen LogP contribution >= 0.6 is 0 Å². The van der Waals surface area contributed by atoms with Gasteiger partial charge in [-0.25, -0.2) is 4.39 Å². The molecule has 1 saturated carbocycles. The van der Waals surface area contributed by atoms with Crippen molar-refractivity contribution in [3.63, 3.8) is 0 Å². The van der Waals surface area contributed by atoms with Gasteiger partial charge in [0, 0.05) is 0 Å². The van der Waals surface area contributed by atoms with E-state index in [-0.39, 0.29) is 5.82 Å². The van der Waals surface area contributed by atoms with Crippen molar-refractivity contribution in [2.45, 2.75) is 71.6 Å². The van der Waals surface area contributed by atoms with E-state index in [2.05, 4.69) is 31.8 Å². The second-order valence-corrected chi connectivity index (χ2v) is 7.09. The van der Waals surface area contributed by atoms with Gasteiger partial charge in [-0.05, 0) is 74.1 Å². The lowest BCUT2D eigenvalue weighted by molar-refractivity contribution is 0.304. The van der Waals surface area contributed by atoms with Crippen molar-refractivity contribution in [1.82, 2.24) is 0 Å². The smallest absolute Gasteiger partial charge is 0.139 e. The van der Waals surface area contributed by atoms with E-state index in [0.717, 1.165) is 24.3 Å². The van der Waals surface area contributed by atoms with Crippen LogP contribution in [0, 0.1) is 29.5 Å². The lowest BCUT2D eigenvalue weighted by Crippen LogP contribution is -2.11. The summed E-state index contributed by atoms with van der Waals surface area (Å²) in [6.45, 7) is 4.47. The number of aryl methyl sites for hydroxylation is 1. The fraction of sp³-hybridized carbons (Fsp3) is 0.565. The minimum atomic E-state index is -0.187. The van der Waals surface area contributed by atoms with Gasteiger partial charge in [0.15, 0.2) is 0 Å². The number of benzene rings is 1. The summed E-state index contributed by atoms with van der Waals surface area (Å²) in [5, 5.41) is 0. The molecule has 1 aromatic rings. The topological polar surface area (TPSA) is 0 Å². The summed E-state index contributed by atoms with van der Waals surface area (Å²) in [4.78, 5) is 0. The third-order valence-corrected chi connectivity index (χ3v) is 5.23. The molecular formula is C23H31F. The molecule has 0 amide bonds. The predicted molar refractivity (Wildman–Crippen MR) is 101 cm³/mol. The zero-order valence-corrected chi connectivity index (χ0v) is 15.3. The number of hydrogen-bond acceptors (Lipinski definition) is 0. The monoisotopic (exact) mass is 326 g/mol. The van der Waals surface area contributed by atoms with Crippen molar-refractivity contribution in [3.8, 4) is 11.8 Å². The highest BCUT2D eigenvalue weighted by atomic mass is 19.1. The van der Waals surface area contributed by atoms with Crippen LogP contribution < -0.4 is 0 Å². The molecule has 0 aliphatic heterocycles. The summed E-state index contributed by atoms with van der Waals surface area (Å²) in [5.41, 5.74) is 1.59. The number of unbranched alkanes of at least 4 members (excludes halogenated alkanes) is 2. The van der Waals surface area contributed by atoms with E-state index in [9.17, 15) is 4.39 Å². The molecule has 1 aliphatic rings. The average Bonchev–Trinajstić information content (AvgIpc) is 2.61. The van der Waals surface area contributed by atoms with Crippen LogP contribution in [0.1, 0.15) is 76.3 Å². The van der Waals surface area contributed by atoms with Gasteiger partial charge >= 0.3 is 0 Å². The zero-order chi connectivity index (χ0) is 17.2. The van der Waals surface area contributed by atoms with E-state index < -0.39 is 0 Å². The minimum Gasteiger partial charge on any atom is -0.206 e. The van der Waals surface area contributed by atoms with Crippen LogP contribution in [0.3, 0.4) is 0 Å². The first-order chi connectivity index (χ1) is 11.7. The Hall–Kier alpha value is -1.55. The highest BCUT2D eigenvalue weighted by Crippen LogP contribution is 2.31. The number of hydrogen-bond donors (Lipinski definition) is 0. The summed E-state index contributed by atoms with van der Waals surface area (Å²) < 4.78 is 14.1. The summed E-state index contributed by atoms with van der Waals surface area (Å²) in [5.74, 6) is 7.37. The highest BCUT2D eigenvalue weighted by molar-refractivity contribution is 5.39. The summed E-state index contributed by atoms with van der Waals surface area (Å²) in [7, 11) is 0. The van der Waals surface area contributed by atoms with Gasteiger partial charge in [0.2, 0.25) is 0 Å². The quantitative estimate of drug-likeness (QED) is 0.404. The molecule has 0 bridgehead atoms. The van der Waals surface area contributed by atoms with Gasteiger partial charge in [-0.2, -0.15) is 0 Å². The van der Waals surface area contributed by atoms with Gasteiger partial charge in [0.25, 0.3) is 0 Å². The Labute approximate surface area is 147 Å². The molecule has 0 aromatic heterocycles. The first-order valence-corrected chi connectivity index (χ1v) is 9.69. The summed E-state index contributed by atoms with van der Waals surface area (Å²) >= 11 is 0. The van der Waals surface area contributed by atoms with Crippen molar-refractivity contribution in [2.24, 2.45) is 11.8 Å². The molecule has 24 heavy (non-hydrogen) atoms. The number of halogens is 1. The molecule has 0 heterocycles. The Kier molecular flexibility index (Phi) is 8.10. The van der Waals surface area contributed by atoms with Gasteiger partial charge in [-0.3, -0.25) is 0 Å². The van der Waals surface area contributed by atoms with E-state index >= 15 is 0 Å². The van der Waals surface area contributed by atoms with Crippen LogP contribution in [0.4, 0.5) is 4.39 Å². The summed E-state index contributed by atoms with van der Waals surface area (Å²) in [6.07, 6.45) is 15.2. The lowest BCUT2D eigenvalue weighted by atomic mass is 9.81. The van der Waals surface area contributed by atoms with Crippen LogP contribution in [0.2, 0.25) is 0 Å². The maximum absolute atomic E-state index is 14.1. The fourth-order valence-corrected chi connectivity index (χ4v) is 3.49. The molecule has 1 aromatic carbocycles. The molecule has 0 nitrogen and oxygen atoms in total. The van der Waals surface area contributed by atoms with Crippen molar-refractivity contribution in [2.75, 3.05) is 0 Å². The molecule has 1 aliphatic carbocycles. The SMILES string of the molecule is CCCCCc1ccc(C#CC=CC2CCC(CC)CC2)c(F)c1. The van der Waals surface area contributed by atoms with Gasteiger partial charge < -0.3 is 0 Å². The van der Waals surface area contributed by atoms with Crippen LogP contribution in [0.5, 0.6) is 0 Å². The Morgan fingerprint density at radius 2 is 1.92 bits per heavy atom. The van der Waals surface area contributed by atoms with Gasteiger partial charge in [0.1, 0.15) is 5.82 Å². The Morgan fingerprint density at radius 1 is 1.12 bits per heavy atom. The van der Waals surface area contributed by atoms with E-state index in [1.807, 2.05) is 18.2 Å². The number of allylic oxidation sites excluding steroid dienone is 2. The Bertz CT molecular complexity index is 580. The van der Waals surface area contributed by atoms with Crippen molar-refractivity contribution in [1.29, 1.82) is 0 Å². The molecule has 1 fully saturated rings. The largest absolute Gasteiger partial charge is 0.206 e. The number of rotatable bonds is 6. The second kappa shape index (κ2) is 10.3. The molecular weight excluding hydrogens is 295 g/mol. The van der Waals surface area contributed by atoms with E-state index in [1.165, 1.54) is 44.9 Å². The molecule has 0 N–H and O–H groups in total. The van der Waals surface area contributed by atoms with E-state index in [4.69, 9.17) is 0 Å². The molecule has 2 rings (SSSR count). The molecule has 0 spiro atoms. The predicted octanol–water partition coefficient (Wildman–Crippen LogP) is 6.68. The molecule has 0 unspecified atom stereocenters. The van der Waals surface area contributed by atoms with Gasteiger partial charge in [0.05, 0.1) is 5.56 Å². The maximum atomic E-state index is 14.1. The van der Waals surface area contributed by atoms with Gasteiger partial charge in [-0.1, -0.05) is 57.1 Å². The van der Waals surface area contributed by atoms with E-state index in [1.54, 1.807) is 6.07 Å². The second-order valence-electron chi connectivity index (χ2n) is 7.09. The first-order valence-electron chi connectivity index (χ1n) is 9.69. The molecule has 0 saturated heterocycles. The third-order valence-electron chi connectivity index (χ3n) is 5.23.